The summed E-state index contributed by atoms with van der Waals surface area (Å²) in [4.78, 5) is 13.7. The minimum Gasteiger partial charge on any atom is -0.457 e. The number of carbonyl (C=O) groups is 1. The van der Waals surface area contributed by atoms with E-state index in [1.165, 1.54) is 11.3 Å². The van der Waals surface area contributed by atoms with Crippen molar-refractivity contribution in [1.29, 1.82) is 0 Å². The van der Waals surface area contributed by atoms with Crippen LogP contribution in [0.3, 0.4) is 0 Å². The Balaban J connectivity index is 1.22. The smallest absolute Gasteiger partial charge is 0.338 e. The summed E-state index contributed by atoms with van der Waals surface area (Å²) in [5.41, 5.74) is 5.26. The topological polar surface area (TPSA) is 72.5 Å². The van der Waals surface area contributed by atoms with Gasteiger partial charge in [-0.1, -0.05) is 151 Å². The molecule has 0 unspecified atom stereocenters. The van der Waals surface area contributed by atoms with Crippen LogP contribution >= 0.6 is 22.9 Å². The molecule has 55 heavy (non-hydrogen) atoms. The molecule has 0 N–H and O–H groups in total. The Morgan fingerprint density at radius 2 is 1.02 bits per heavy atom. The van der Waals surface area contributed by atoms with Crippen molar-refractivity contribution in [2.24, 2.45) is 0 Å². The van der Waals surface area contributed by atoms with E-state index >= 15 is 0 Å². The summed E-state index contributed by atoms with van der Waals surface area (Å²) in [6.07, 6.45) is -2.94. The minimum absolute atomic E-state index is 0.00564. The third-order valence-corrected chi connectivity index (χ3v) is 10.8. The summed E-state index contributed by atoms with van der Waals surface area (Å²) in [7, 11) is 0. The second-order valence-electron chi connectivity index (χ2n) is 13.3. The molecule has 0 amide bonds. The molecule has 1 fully saturated rings. The lowest BCUT2D eigenvalue weighted by atomic mass is 9.93. The van der Waals surface area contributed by atoms with E-state index in [1.54, 1.807) is 24.3 Å². The van der Waals surface area contributed by atoms with E-state index in [2.05, 4.69) is 0 Å². The summed E-state index contributed by atoms with van der Waals surface area (Å²) in [5.74, 6) is -0.425. The van der Waals surface area contributed by atoms with Crippen molar-refractivity contribution >= 4 is 28.9 Å². The molecule has 1 aromatic heterocycles. The van der Waals surface area contributed by atoms with Crippen molar-refractivity contribution in [3.63, 3.8) is 0 Å². The maximum Gasteiger partial charge on any atom is 0.338 e. The van der Waals surface area contributed by atoms with Gasteiger partial charge in [-0.3, -0.25) is 0 Å². The third kappa shape index (κ3) is 10.8. The molecular weight excluding hydrogens is 732 g/mol. The molecule has 2 heterocycles. The Kier molecular flexibility index (Phi) is 13.9. The highest BCUT2D eigenvalue weighted by molar-refractivity contribution is 7.16. The summed E-state index contributed by atoms with van der Waals surface area (Å²) in [5, 5.41) is 0. The molecule has 1 saturated heterocycles. The number of hydrogen-bond acceptors (Lipinski definition) is 8. The van der Waals surface area contributed by atoms with Gasteiger partial charge in [0.05, 0.1) is 42.9 Å². The minimum atomic E-state index is -0.621. The van der Waals surface area contributed by atoms with Gasteiger partial charge in [0.25, 0.3) is 0 Å². The van der Waals surface area contributed by atoms with Crippen LogP contribution in [0, 0.1) is 0 Å². The Morgan fingerprint density at radius 1 is 0.564 bits per heavy atom. The van der Waals surface area contributed by atoms with Crippen molar-refractivity contribution < 1.29 is 33.2 Å². The first-order valence-corrected chi connectivity index (χ1v) is 19.5. The van der Waals surface area contributed by atoms with Gasteiger partial charge in [0.15, 0.2) is 0 Å². The number of esters is 1. The molecule has 6 aromatic rings. The molecule has 5 aromatic carbocycles. The molecule has 0 radical (unpaired) electrons. The average molecular weight is 775 g/mol. The van der Waals surface area contributed by atoms with Crippen molar-refractivity contribution in [2.45, 2.75) is 63.6 Å². The molecule has 9 heteroatoms. The van der Waals surface area contributed by atoms with E-state index in [-0.39, 0.29) is 13.2 Å². The van der Waals surface area contributed by atoms with Crippen LogP contribution in [-0.4, -0.2) is 37.0 Å². The quantitative estimate of drug-likeness (QED) is 0.0855. The van der Waals surface area contributed by atoms with Gasteiger partial charge in [0.2, 0.25) is 0 Å². The van der Waals surface area contributed by atoms with Gasteiger partial charge in [-0.05, 0) is 40.5 Å². The average Bonchev–Trinajstić information content (AvgIpc) is 3.62. The second-order valence-corrected chi connectivity index (χ2v) is 15.0. The van der Waals surface area contributed by atoms with E-state index in [0.29, 0.717) is 41.9 Å². The molecule has 0 spiro atoms. The van der Waals surface area contributed by atoms with Gasteiger partial charge in [-0.25, -0.2) is 4.79 Å². The number of thiophene rings is 1. The van der Waals surface area contributed by atoms with Crippen LogP contribution in [0.5, 0.6) is 0 Å². The molecule has 1 aliphatic heterocycles. The SMILES string of the molecule is O=C(OCc1cc([C@@H]2O[C@H](COCc3ccccc3)[C@@H](OCc3ccccc3)[C@H](OCc3ccccc3)[C@H]2OCc2ccccc2)sc1Cl)c1ccccc1. The molecule has 1 aliphatic rings. The number of carbonyl (C=O) groups excluding carboxylic acids is 1. The molecule has 5 atom stereocenters. The van der Waals surface area contributed by atoms with Gasteiger partial charge in [0, 0.05) is 10.4 Å². The van der Waals surface area contributed by atoms with Crippen LogP contribution in [-0.2, 0) is 61.5 Å². The largest absolute Gasteiger partial charge is 0.457 e. The highest BCUT2D eigenvalue weighted by Crippen LogP contribution is 2.43. The molecule has 0 aliphatic carbocycles. The maximum atomic E-state index is 12.8. The van der Waals surface area contributed by atoms with Crippen molar-refractivity contribution in [3.8, 4) is 0 Å². The Hall–Kier alpha value is -4.64. The second kappa shape index (κ2) is 19.8. The highest BCUT2D eigenvalue weighted by Gasteiger charge is 2.49. The van der Waals surface area contributed by atoms with Gasteiger partial charge >= 0.3 is 5.97 Å². The van der Waals surface area contributed by atoms with Gasteiger partial charge in [0.1, 0.15) is 37.1 Å². The van der Waals surface area contributed by atoms with E-state index in [9.17, 15) is 4.79 Å². The summed E-state index contributed by atoms with van der Waals surface area (Å²) in [6.45, 7) is 1.64. The van der Waals surface area contributed by atoms with Crippen molar-refractivity contribution in [1.82, 2.24) is 0 Å². The van der Waals surface area contributed by atoms with Crippen LogP contribution in [0.15, 0.2) is 158 Å². The van der Waals surface area contributed by atoms with Crippen LogP contribution in [0.25, 0.3) is 0 Å². The Morgan fingerprint density at radius 3 is 1.55 bits per heavy atom. The molecule has 7 rings (SSSR count). The molecule has 7 nitrogen and oxygen atoms in total. The predicted octanol–water partition coefficient (Wildman–Crippen LogP) is 10.2. The fourth-order valence-electron chi connectivity index (χ4n) is 6.48. The standard InChI is InChI=1S/C46H43ClO7S/c47-45-38(31-53-46(48)37-24-14-5-15-25-37)26-40(55-45)42-44(52-30-36-22-12-4-13-23-36)43(51-29-35-20-10-3-11-21-35)41(50-28-34-18-8-2-9-19-34)39(54-42)32-49-27-33-16-6-1-7-17-33/h1-26,39,41-44H,27-32H2/t39-,41-,42+,43+,44+/m1/s1. The first-order valence-electron chi connectivity index (χ1n) is 18.3. The zero-order chi connectivity index (χ0) is 37.7. The van der Waals surface area contributed by atoms with Crippen LogP contribution in [0.4, 0.5) is 0 Å². The predicted molar refractivity (Wildman–Crippen MR) is 214 cm³/mol. The Bertz CT molecular complexity index is 2030. The highest BCUT2D eigenvalue weighted by atomic mass is 35.5. The van der Waals surface area contributed by atoms with Gasteiger partial charge < -0.3 is 28.4 Å². The van der Waals surface area contributed by atoms with E-state index in [4.69, 9.17) is 40.0 Å². The molecular formula is C46H43ClO7S. The number of hydrogen-bond donors (Lipinski definition) is 0. The number of benzene rings is 5. The summed E-state index contributed by atoms with van der Waals surface area (Å²) >= 11 is 8.25. The lowest BCUT2D eigenvalue weighted by molar-refractivity contribution is -0.274. The van der Waals surface area contributed by atoms with Crippen molar-refractivity contribution in [3.05, 3.63) is 200 Å². The third-order valence-electron chi connectivity index (χ3n) is 9.31. The summed E-state index contributed by atoms with van der Waals surface area (Å²) in [6, 6.07) is 51.0. The fourth-order valence-corrected chi connectivity index (χ4v) is 7.82. The van der Waals surface area contributed by atoms with E-state index in [1.807, 2.05) is 133 Å². The van der Waals surface area contributed by atoms with E-state index < -0.39 is 36.5 Å². The monoisotopic (exact) mass is 774 g/mol. The number of halogens is 1. The normalized spacial score (nSPS) is 19.5. The summed E-state index contributed by atoms with van der Waals surface area (Å²) < 4.78 is 40.1. The Labute approximate surface area is 331 Å². The molecule has 0 bridgehead atoms. The molecule has 0 saturated carbocycles. The van der Waals surface area contributed by atoms with Crippen LogP contribution in [0.2, 0.25) is 4.34 Å². The fraction of sp³-hybridized carbons (Fsp3) is 0.239. The number of rotatable bonds is 17. The zero-order valence-corrected chi connectivity index (χ0v) is 31.9. The first kappa shape index (κ1) is 38.6. The zero-order valence-electron chi connectivity index (χ0n) is 30.3. The van der Waals surface area contributed by atoms with Crippen LogP contribution in [0.1, 0.15) is 49.2 Å². The van der Waals surface area contributed by atoms with Gasteiger partial charge in [-0.15, -0.1) is 11.3 Å². The first-order chi connectivity index (χ1) is 27.1. The number of ether oxygens (including phenoxy) is 6. The van der Waals surface area contributed by atoms with Gasteiger partial charge in [-0.2, -0.15) is 0 Å². The lowest BCUT2D eigenvalue weighted by Gasteiger charge is -2.46. The maximum absolute atomic E-state index is 12.8. The lowest BCUT2D eigenvalue weighted by Crippen LogP contribution is -2.58. The molecule has 282 valence electrons. The van der Waals surface area contributed by atoms with Crippen molar-refractivity contribution in [2.75, 3.05) is 6.61 Å². The van der Waals surface area contributed by atoms with Crippen LogP contribution < -0.4 is 0 Å². The van der Waals surface area contributed by atoms with E-state index in [0.717, 1.165) is 27.1 Å².